The van der Waals surface area contributed by atoms with E-state index in [1.54, 1.807) is 0 Å². The minimum Gasteiger partial charge on any atom is -0.481 e. The number of aryl methyl sites for hydroxylation is 2. The first kappa shape index (κ1) is 15.1. The molecule has 1 fully saturated rings. The van der Waals surface area contributed by atoms with Crippen LogP contribution in [-0.4, -0.2) is 20.9 Å². The van der Waals surface area contributed by atoms with Crippen molar-refractivity contribution in [3.8, 4) is 0 Å². The maximum atomic E-state index is 11.4. The van der Waals surface area contributed by atoms with Crippen molar-refractivity contribution in [1.29, 1.82) is 0 Å². The van der Waals surface area contributed by atoms with Crippen LogP contribution in [0.5, 0.6) is 0 Å². The van der Waals surface area contributed by atoms with Gasteiger partial charge >= 0.3 is 5.97 Å². The second-order valence-electron chi connectivity index (χ2n) is 6.58. The fourth-order valence-corrected chi connectivity index (χ4v) is 3.50. The third-order valence-electron chi connectivity index (χ3n) is 4.85. The monoisotopic (exact) mass is 278 g/mol. The molecule has 0 amide bonds. The molecule has 3 unspecified atom stereocenters. The summed E-state index contributed by atoms with van der Waals surface area (Å²) in [6.45, 7) is 4.51. The number of rotatable bonds is 5. The molecule has 1 aliphatic carbocycles. The lowest BCUT2D eigenvalue weighted by Gasteiger charge is -2.36. The van der Waals surface area contributed by atoms with Gasteiger partial charge in [-0.3, -0.25) is 9.48 Å². The van der Waals surface area contributed by atoms with Crippen LogP contribution in [0, 0.1) is 23.7 Å². The predicted molar refractivity (Wildman–Crippen MR) is 78.3 cm³/mol. The number of carbonyl (C=O) groups is 1. The minimum atomic E-state index is -0.608. The van der Waals surface area contributed by atoms with Gasteiger partial charge in [0.2, 0.25) is 0 Å². The molecule has 1 aliphatic rings. The van der Waals surface area contributed by atoms with Crippen LogP contribution in [-0.2, 0) is 18.3 Å². The summed E-state index contributed by atoms with van der Waals surface area (Å²) in [7, 11) is 1.92. The van der Waals surface area contributed by atoms with E-state index in [2.05, 4.69) is 18.9 Å². The highest BCUT2D eigenvalue weighted by Crippen LogP contribution is 2.39. The van der Waals surface area contributed by atoms with Gasteiger partial charge in [-0.25, -0.2) is 0 Å². The van der Waals surface area contributed by atoms with Gasteiger partial charge < -0.3 is 5.11 Å². The van der Waals surface area contributed by atoms with Crippen molar-refractivity contribution in [3.63, 3.8) is 0 Å². The fourth-order valence-electron chi connectivity index (χ4n) is 3.50. The summed E-state index contributed by atoms with van der Waals surface area (Å²) in [6.07, 6.45) is 8.79. The molecule has 3 atom stereocenters. The Hall–Kier alpha value is -1.32. The van der Waals surface area contributed by atoms with E-state index in [4.69, 9.17) is 0 Å². The SMILES string of the molecule is CC(C)C1CCC(C(=O)O)C(CCc2cnn(C)c2)C1. The molecule has 0 aromatic carbocycles. The molecule has 1 aromatic heterocycles. The Bertz CT molecular complexity index is 453. The number of hydrogen-bond acceptors (Lipinski definition) is 2. The Labute approximate surface area is 121 Å². The summed E-state index contributed by atoms with van der Waals surface area (Å²) < 4.78 is 1.81. The van der Waals surface area contributed by atoms with Gasteiger partial charge in [-0.05, 0) is 55.4 Å². The van der Waals surface area contributed by atoms with Crippen LogP contribution in [0.3, 0.4) is 0 Å². The topological polar surface area (TPSA) is 55.1 Å². The molecule has 20 heavy (non-hydrogen) atoms. The van der Waals surface area contributed by atoms with E-state index >= 15 is 0 Å². The zero-order chi connectivity index (χ0) is 14.7. The molecule has 2 rings (SSSR count). The van der Waals surface area contributed by atoms with Gasteiger partial charge in [-0.1, -0.05) is 13.8 Å². The van der Waals surface area contributed by atoms with Crippen molar-refractivity contribution in [2.75, 3.05) is 0 Å². The smallest absolute Gasteiger partial charge is 0.306 e. The summed E-state index contributed by atoms with van der Waals surface area (Å²) >= 11 is 0. The van der Waals surface area contributed by atoms with Crippen LogP contribution in [0.25, 0.3) is 0 Å². The summed E-state index contributed by atoms with van der Waals surface area (Å²) in [4.78, 5) is 11.4. The van der Waals surface area contributed by atoms with E-state index < -0.39 is 5.97 Å². The summed E-state index contributed by atoms with van der Waals surface area (Å²) in [5, 5.41) is 13.6. The lowest BCUT2D eigenvalue weighted by atomic mass is 9.69. The molecule has 1 heterocycles. The quantitative estimate of drug-likeness (QED) is 0.900. The molecule has 112 valence electrons. The average molecular weight is 278 g/mol. The van der Waals surface area contributed by atoms with E-state index in [0.29, 0.717) is 17.8 Å². The Morgan fingerprint density at radius 1 is 1.50 bits per heavy atom. The van der Waals surface area contributed by atoms with Crippen LogP contribution in [0.4, 0.5) is 0 Å². The van der Waals surface area contributed by atoms with Gasteiger partial charge in [-0.15, -0.1) is 0 Å². The van der Waals surface area contributed by atoms with Gasteiger partial charge in [0.25, 0.3) is 0 Å². The molecule has 4 nitrogen and oxygen atoms in total. The largest absolute Gasteiger partial charge is 0.481 e. The summed E-state index contributed by atoms with van der Waals surface area (Å²) in [6, 6.07) is 0. The summed E-state index contributed by atoms with van der Waals surface area (Å²) in [5.74, 6) is 0.897. The molecule has 0 bridgehead atoms. The van der Waals surface area contributed by atoms with Crippen LogP contribution in [0.1, 0.15) is 45.1 Å². The van der Waals surface area contributed by atoms with E-state index in [1.165, 1.54) is 5.56 Å². The van der Waals surface area contributed by atoms with Gasteiger partial charge in [-0.2, -0.15) is 5.10 Å². The van der Waals surface area contributed by atoms with Gasteiger partial charge in [0.05, 0.1) is 12.1 Å². The van der Waals surface area contributed by atoms with Gasteiger partial charge in [0, 0.05) is 13.2 Å². The van der Waals surface area contributed by atoms with Crippen molar-refractivity contribution >= 4 is 5.97 Å². The molecule has 1 saturated carbocycles. The standard InChI is InChI=1S/C16H26N2O2/c1-11(2)13-6-7-15(16(19)20)14(8-13)5-4-12-9-17-18(3)10-12/h9-11,13-15H,4-8H2,1-3H3,(H,19,20). The zero-order valence-corrected chi connectivity index (χ0v) is 12.7. The zero-order valence-electron chi connectivity index (χ0n) is 12.7. The molecule has 4 heteroatoms. The van der Waals surface area contributed by atoms with Gasteiger partial charge in [0.15, 0.2) is 0 Å². The number of nitrogens with zero attached hydrogens (tertiary/aromatic N) is 2. The van der Waals surface area contributed by atoms with Crippen molar-refractivity contribution < 1.29 is 9.90 Å². The molecular formula is C16H26N2O2. The minimum absolute atomic E-state index is 0.151. The molecule has 1 aromatic rings. The fraction of sp³-hybridized carbons (Fsp3) is 0.750. The van der Waals surface area contributed by atoms with Crippen molar-refractivity contribution in [2.45, 2.75) is 46.0 Å². The number of carboxylic acid groups (broad SMARTS) is 1. The predicted octanol–water partition coefficient (Wildman–Crippen LogP) is 3.13. The van der Waals surface area contributed by atoms with E-state index in [1.807, 2.05) is 24.1 Å². The lowest BCUT2D eigenvalue weighted by molar-refractivity contribution is -0.145. The van der Waals surface area contributed by atoms with E-state index in [-0.39, 0.29) is 5.92 Å². The van der Waals surface area contributed by atoms with E-state index in [9.17, 15) is 9.90 Å². The Morgan fingerprint density at radius 3 is 2.80 bits per heavy atom. The van der Waals surface area contributed by atoms with Gasteiger partial charge in [0.1, 0.15) is 0 Å². The normalized spacial score (nSPS) is 26.9. The van der Waals surface area contributed by atoms with Crippen LogP contribution in [0.2, 0.25) is 0 Å². The van der Waals surface area contributed by atoms with Crippen molar-refractivity contribution in [1.82, 2.24) is 9.78 Å². The first-order valence-electron chi connectivity index (χ1n) is 7.67. The molecule has 1 N–H and O–H groups in total. The molecule has 0 radical (unpaired) electrons. The summed E-state index contributed by atoms with van der Waals surface area (Å²) in [5.41, 5.74) is 1.21. The Morgan fingerprint density at radius 2 is 2.25 bits per heavy atom. The average Bonchev–Trinajstić information content (AvgIpc) is 2.81. The molecule has 0 spiro atoms. The second kappa shape index (κ2) is 6.42. The Kier molecular flexibility index (Phi) is 4.84. The number of hydrogen-bond donors (Lipinski definition) is 1. The third-order valence-corrected chi connectivity index (χ3v) is 4.85. The van der Waals surface area contributed by atoms with Crippen LogP contribution < -0.4 is 0 Å². The molecule has 0 aliphatic heterocycles. The highest BCUT2D eigenvalue weighted by Gasteiger charge is 2.35. The van der Waals surface area contributed by atoms with Crippen molar-refractivity contribution in [3.05, 3.63) is 18.0 Å². The number of aliphatic carboxylic acids is 1. The molecular weight excluding hydrogens is 252 g/mol. The number of carboxylic acids is 1. The highest BCUT2D eigenvalue weighted by molar-refractivity contribution is 5.70. The van der Waals surface area contributed by atoms with Crippen LogP contribution in [0.15, 0.2) is 12.4 Å². The van der Waals surface area contributed by atoms with Crippen molar-refractivity contribution in [2.24, 2.45) is 30.7 Å². The lowest BCUT2D eigenvalue weighted by Crippen LogP contribution is -2.32. The highest BCUT2D eigenvalue weighted by atomic mass is 16.4. The first-order chi connectivity index (χ1) is 9.47. The maximum Gasteiger partial charge on any atom is 0.306 e. The van der Waals surface area contributed by atoms with E-state index in [0.717, 1.165) is 32.1 Å². The molecule has 0 saturated heterocycles. The maximum absolute atomic E-state index is 11.4. The van der Waals surface area contributed by atoms with Crippen LogP contribution >= 0.6 is 0 Å². The number of aromatic nitrogens is 2. The second-order valence-corrected chi connectivity index (χ2v) is 6.58. The third kappa shape index (κ3) is 3.62. The first-order valence-corrected chi connectivity index (χ1v) is 7.67. The Balaban J connectivity index is 1.98.